The molecule has 0 aliphatic carbocycles. The van der Waals surface area contributed by atoms with E-state index in [1.165, 1.54) is 0 Å². The number of aromatic amines is 1. The number of fused-ring (bicyclic) bond motifs is 1. The number of anilines is 1. The van der Waals surface area contributed by atoms with E-state index in [0.717, 1.165) is 16.5 Å². The van der Waals surface area contributed by atoms with E-state index in [-0.39, 0.29) is 5.82 Å². The minimum absolute atomic E-state index is 0.105. The summed E-state index contributed by atoms with van der Waals surface area (Å²) in [5.41, 5.74) is 4.10. The number of H-pyrrole nitrogens is 1. The molecule has 3 N–H and O–H groups in total. The Labute approximate surface area is 79.7 Å². The monoisotopic (exact) mass is 191 g/mol. The summed E-state index contributed by atoms with van der Waals surface area (Å²) in [4.78, 5) is 13.2. The average Bonchev–Trinajstić information content (AvgIpc) is 2.54. The van der Waals surface area contributed by atoms with Crippen LogP contribution in [0.25, 0.3) is 10.9 Å². The van der Waals surface area contributed by atoms with E-state index >= 15 is 0 Å². The molecule has 72 valence electrons. The van der Waals surface area contributed by atoms with Gasteiger partial charge >= 0.3 is 0 Å². The van der Waals surface area contributed by atoms with Gasteiger partial charge in [-0.2, -0.15) is 0 Å². The largest absolute Gasteiger partial charge is 0.335 e. The number of nitrogens with one attached hydrogen (secondary N) is 2. The molecule has 0 atom stereocenters. The lowest BCUT2D eigenvalue weighted by Gasteiger charge is -1.96. The van der Waals surface area contributed by atoms with Crippen LogP contribution in [-0.4, -0.2) is 10.2 Å². The minimum atomic E-state index is 0.105. The Morgan fingerprint density at radius 2 is 2.29 bits per heavy atom. The molecule has 5 nitrogen and oxygen atoms in total. The van der Waals surface area contributed by atoms with E-state index in [1.807, 2.05) is 30.6 Å². The SMILES string of the molecule is Cc1ccc2[nH]c(N=O)c(NO)c2c1. The summed E-state index contributed by atoms with van der Waals surface area (Å²) in [5.74, 6) is 0.105. The van der Waals surface area contributed by atoms with Gasteiger partial charge in [0.1, 0.15) is 5.69 Å². The molecule has 0 unspecified atom stereocenters. The standard InChI is InChI=1S/C9H9N3O2/c1-5-2-3-7-6(4-5)8(11-13)9(10-7)12-14/h2-4,10-11,13H,1H3. The fourth-order valence-corrected chi connectivity index (χ4v) is 1.47. The minimum Gasteiger partial charge on any atom is -0.335 e. The van der Waals surface area contributed by atoms with E-state index in [2.05, 4.69) is 10.2 Å². The highest BCUT2D eigenvalue weighted by molar-refractivity contribution is 5.98. The maximum Gasteiger partial charge on any atom is 0.201 e. The summed E-state index contributed by atoms with van der Waals surface area (Å²) in [5, 5.41) is 12.4. The molecule has 5 heteroatoms. The molecule has 1 aromatic heterocycles. The molecule has 0 saturated carbocycles. The van der Waals surface area contributed by atoms with Crippen molar-refractivity contribution in [1.29, 1.82) is 0 Å². The van der Waals surface area contributed by atoms with Crippen LogP contribution in [-0.2, 0) is 0 Å². The predicted octanol–water partition coefficient (Wildman–Crippen LogP) is 2.68. The zero-order chi connectivity index (χ0) is 10.1. The number of hydrogen-bond donors (Lipinski definition) is 3. The van der Waals surface area contributed by atoms with Gasteiger partial charge in [0.15, 0.2) is 0 Å². The summed E-state index contributed by atoms with van der Waals surface area (Å²) in [6.07, 6.45) is 0. The first-order valence-corrected chi connectivity index (χ1v) is 4.12. The van der Waals surface area contributed by atoms with Gasteiger partial charge in [0.2, 0.25) is 5.82 Å². The van der Waals surface area contributed by atoms with Gasteiger partial charge in [-0.3, -0.25) is 10.7 Å². The molecule has 0 bridgehead atoms. The van der Waals surface area contributed by atoms with Gasteiger partial charge in [-0.05, 0) is 24.2 Å². The molecule has 1 aromatic carbocycles. The lowest BCUT2D eigenvalue weighted by Crippen LogP contribution is -1.87. The van der Waals surface area contributed by atoms with E-state index in [4.69, 9.17) is 5.21 Å². The lowest BCUT2D eigenvalue weighted by atomic mass is 10.1. The summed E-state index contributed by atoms with van der Waals surface area (Å²) in [6.45, 7) is 1.93. The molecule has 0 radical (unpaired) electrons. The van der Waals surface area contributed by atoms with Crippen molar-refractivity contribution in [2.75, 3.05) is 5.48 Å². The van der Waals surface area contributed by atoms with Crippen LogP contribution >= 0.6 is 0 Å². The number of nitrogens with zero attached hydrogens (tertiary/aromatic N) is 1. The van der Waals surface area contributed by atoms with Crippen molar-refractivity contribution in [3.63, 3.8) is 0 Å². The number of nitroso groups, excluding NO2 is 1. The summed E-state index contributed by atoms with van der Waals surface area (Å²) in [7, 11) is 0. The fourth-order valence-electron chi connectivity index (χ4n) is 1.47. The first-order chi connectivity index (χ1) is 6.76. The first kappa shape index (κ1) is 8.71. The van der Waals surface area contributed by atoms with E-state index in [1.54, 1.807) is 0 Å². The Kier molecular flexibility index (Phi) is 1.94. The second kappa shape index (κ2) is 3.12. The van der Waals surface area contributed by atoms with Crippen LogP contribution < -0.4 is 5.48 Å². The van der Waals surface area contributed by atoms with Gasteiger partial charge in [0, 0.05) is 10.9 Å². The van der Waals surface area contributed by atoms with Gasteiger partial charge < -0.3 is 4.98 Å². The lowest BCUT2D eigenvalue weighted by molar-refractivity contribution is 0.390. The van der Waals surface area contributed by atoms with E-state index < -0.39 is 0 Å². The maximum absolute atomic E-state index is 10.4. The third-order valence-corrected chi connectivity index (χ3v) is 2.14. The summed E-state index contributed by atoms with van der Waals surface area (Å²) >= 11 is 0. The Bertz CT molecular complexity index is 490. The highest BCUT2D eigenvalue weighted by atomic mass is 16.5. The van der Waals surface area contributed by atoms with Crippen molar-refractivity contribution in [3.8, 4) is 0 Å². The second-order valence-electron chi connectivity index (χ2n) is 3.10. The highest BCUT2D eigenvalue weighted by Gasteiger charge is 2.10. The van der Waals surface area contributed by atoms with Gasteiger partial charge in [-0.15, -0.1) is 4.91 Å². The van der Waals surface area contributed by atoms with E-state index in [9.17, 15) is 4.91 Å². The molecule has 0 aliphatic rings. The average molecular weight is 191 g/mol. The second-order valence-corrected chi connectivity index (χ2v) is 3.10. The van der Waals surface area contributed by atoms with Crippen molar-refractivity contribution < 1.29 is 5.21 Å². The number of aryl methyl sites for hydroxylation is 1. The van der Waals surface area contributed by atoms with E-state index in [0.29, 0.717) is 5.69 Å². The Morgan fingerprint density at radius 3 is 2.93 bits per heavy atom. The van der Waals surface area contributed by atoms with Crippen molar-refractivity contribution in [2.24, 2.45) is 5.18 Å². The highest BCUT2D eigenvalue weighted by Crippen LogP contribution is 2.33. The smallest absolute Gasteiger partial charge is 0.201 e. The van der Waals surface area contributed by atoms with Crippen molar-refractivity contribution in [2.45, 2.75) is 6.92 Å². The normalized spacial score (nSPS) is 10.4. The molecule has 0 spiro atoms. The molecule has 2 rings (SSSR count). The van der Waals surface area contributed by atoms with Gasteiger partial charge in [-0.25, -0.2) is 0 Å². The predicted molar refractivity (Wildman–Crippen MR) is 53.9 cm³/mol. The summed E-state index contributed by atoms with van der Waals surface area (Å²) in [6, 6.07) is 5.60. The van der Waals surface area contributed by atoms with Crippen LogP contribution in [0.4, 0.5) is 11.5 Å². The quantitative estimate of drug-likeness (QED) is 0.504. The van der Waals surface area contributed by atoms with Crippen molar-refractivity contribution in [1.82, 2.24) is 4.98 Å². The Morgan fingerprint density at radius 1 is 1.50 bits per heavy atom. The van der Waals surface area contributed by atoms with Crippen LogP contribution in [0, 0.1) is 11.8 Å². The van der Waals surface area contributed by atoms with Gasteiger partial charge in [-0.1, -0.05) is 11.6 Å². The zero-order valence-electron chi connectivity index (χ0n) is 7.53. The van der Waals surface area contributed by atoms with Gasteiger partial charge in [0.05, 0.1) is 0 Å². The Hall–Kier alpha value is -1.88. The fraction of sp³-hybridized carbons (Fsp3) is 0.111. The zero-order valence-corrected chi connectivity index (χ0v) is 7.53. The maximum atomic E-state index is 10.4. The van der Waals surface area contributed by atoms with Crippen molar-refractivity contribution in [3.05, 3.63) is 28.7 Å². The van der Waals surface area contributed by atoms with Crippen LogP contribution in [0.2, 0.25) is 0 Å². The molecule has 2 aromatic rings. The molecule has 1 heterocycles. The molecule has 0 fully saturated rings. The number of benzene rings is 1. The third-order valence-electron chi connectivity index (χ3n) is 2.14. The molecular weight excluding hydrogens is 182 g/mol. The topological polar surface area (TPSA) is 77.5 Å². The Balaban J connectivity index is 2.81. The molecule has 0 amide bonds. The van der Waals surface area contributed by atoms with Crippen LogP contribution in [0.1, 0.15) is 5.56 Å². The molecule has 14 heavy (non-hydrogen) atoms. The van der Waals surface area contributed by atoms with Gasteiger partial charge in [0.25, 0.3) is 0 Å². The number of rotatable bonds is 2. The first-order valence-electron chi connectivity index (χ1n) is 4.12. The molecule has 0 aliphatic heterocycles. The van der Waals surface area contributed by atoms with Crippen molar-refractivity contribution >= 4 is 22.4 Å². The third kappa shape index (κ3) is 1.14. The number of aromatic nitrogens is 1. The van der Waals surface area contributed by atoms with Crippen LogP contribution in [0.15, 0.2) is 23.4 Å². The molecule has 0 saturated heterocycles. The van der Waals surface area contributed by atoms with Crippen LogP contribution in [0.5, 0.6) is 0 Å². The number of hydrogen-bond acceptors (Lipinski definition) is 4. The van der Waals surface area contributed by atoms with Crippen LogP contribution in [0.3, 0.4) is 0 Å². The summed E-state index contributed by atoms with van der Waals surface area (Å²) < 4.78 is 0. The molecular formula is C9H9N3O2.